The molecular weight excluding hydrogens is 164 g/mol. The Morgan fingerprint density at radius 1 is 1.38 bits per heavy atom. The van der Waals surface area contributed by atoms with Gasteiger partial charge in [0.25, 0.3) is 0 Å². The Morgan fingerprint density at radius 3 is 2.77 bits per heavy atom. The second-order valence-corrected chi connectivity index (χ2v) is 3.10. The van der Waals surface area contributed by atoms with Crippen LogP contribution >= 0.6 is 0 Å². The maximum Gasteiger partial charge on any atom is 0.177 e. The summed E-state index contributed by atoms with van der Waals surface area (Å²) in [4.78, 5) is 8.61. The zero-order valence-electron chi connectivity index (χ0n) is 8.07. The normalized spacial score (nSPS) is 11.0. The van der Waals surface area contributed by atoms with Gasteiger partial charge in [0.2, 0.25) is 0 Å². The third-order valence-electron chi connectivity index (χ3n) is 2.07. The third-order valence-corrected chi connectivity index (χ3v) is 2.07. The molecule has 68 valence electrons. The van der Waals surface area contributed by atoms with Crippen molar-refractivity contribution in [2.75, 3.05) is 0 Å². The number of hydrogen-bond acceptors (Lipinski definition) is 3. The van der Waals surface area contributed by atoms with Gasteiger partial charge in [-0.1, -0.05) is 6.92 Å². The van der Waals surface area contributed by atoms with Crippen molar-refractivity contribution in [3.63, 3.8) is 0 Å². The highest BCUT2D eigenvalue weighted by Crippen LogP contribution is 2.07. The predicted octanol–water partition coefficient (Wildman–Crippen LogP) is 1.30. The van der Waals surface area contributed by atoms with Gasteiger partial charge >= 0.3 is 0 Å². The van der Waals surface area contributed by atoms with Crippen molar-refractivity contribution in [1.82, 2.24) is 19.6 Å². The molecule has 0 atom stereocenters. The third kappa shape index (κ3) is 1.18. The first-order valence-corrected chi connectivity index (χ1v) is 4.40. The number of rotatable bonds is 1. The van der Waals surface area contributed by atoms with E-state index in [1.165, 1.54) is 0 Å². The van der Waals surface area contributed by atoms with E-state index >= 15 is 0 Å². The first kappa shape index (κ1) is 8.16. The number of hydrogen-bond donors (Lipinski definition) is 0. The molecule has 13 heavy (non-hydrogen) atoms. The summed E-state index contributed by atoms with van der Waals surface area (Å²) < 4.78 is 1.85. The molecule has 0 bridgehead atoms. The number of aromatic nitrogens is 4. The smallest absolute Gasteiger partial charge is 0.177 e. The molecule has 0 radical (unpaired) electrons. The van der Waals surface area contributed by atoms with Gasteiger partial charge in [0.1, 0.15) is 0 Å². The van der Waals surface area contributed by atoms with E-state index in [9.17, 15) is 0 Å². The van der Waals surface area contributed by atoms with Crippen molar-refractivity contribution in [3.05, 3.63) is 23.4 Å². The molecule has 0 unspecified atom stereocenters. The van der Waals surface area contributed by atoms with E-state index in [1.807, 2.05) is 31.5 Å². The summed E-state index contributed by atoms with van der Waals surface area (Å²) in [5.74, 6) is 0.874. The zero-order chi connectivity index (χ0) is 9.42. The van der Waals surface area contributed by atoms with Crippen LogP contribution in [0.2, 0.25) is 0 Å². The molecule has 2 heterocycles. The van der Waals surface area contributed by atoms with Crippen molar-refractivity contribution in [2.24, 2.45) is 0 Å². The Balaban J connectivity index is 2.80. The molecule has 0 spiro atoms. The van der Waals surface area contributed by atoms with Gasteiger partial charge in [0, 0.05) is 12.6 Å². The molecule has 0 saturated heterocycles. The van der Waals surface area contributed by atoms with Crippen LogP contribution in [0.1, 0.15) is 24.1 Å². The van der Waals surface area contributed by atoms with Crippen LogP contribution in [0.3, 0.4) is 0 Å². The molecule has 0 saturated carbocycles. The van der Waals surface area contributed by atoms with Gasteiger partial charge in [0.15, 0.2) is 11.5 Å². The Bertz CT molecular complexity index is 405. The fraction of sp³-hybridized carbons (Fsp3) is 0.444. The SMILES string of the molecule is CCc1nc2c(C)ncc(C)n2n1. The van der Waals surface area contributed by atoms with Crippen molar-refractivity contribution < 1.29 is 0 Å². The highest BCUT2D eigenvalue weighted by molar-refractivity contribution is 5.42. The predicted molar refractivity (Wildman–Crippen MR) is 49.6 cm³/mol. The number of nitrogens with zero attached hydrogens (tertiary/aromatic N) is 4. The van der Waals surface area contributed by atoms with Gasteiger partial charge in [-0.25, -0.2) is 9.50 Å². The number of aryl methyl sites for hydroxylation is 3. The minimum absolute atomic E-state index is 0.862. The van der Waals surface area contributed by atoms with Gasteiger partial charge in [-0.3, -0.25) is 4.98 Å². The Morgan fingerprint density at radius 2 is 2.15 bits per heavy atom. The lowest BCUT2D eigenvalue weighted by atomic mass is 10.4. The summed E-state index contributed by atoms with van der Waals surface area (Å²) in [7, 11) is 0. The van der Waals surface area contributed by atoms with Crippen LogP contribution in [-0.4, -0.2) is 19.6 Å². The topological polar surface area (TPSA) is 43.1 Å². The summed E-state index contributed by atoms with van der Waals surface area (Å²) in [6.07, 6.45) is 2.68. The molecule has 0 fully saturated rings. The average molecular weight is 176 g/mol. The Labute approximate surface area is 76.6 Å². The molecule has 0 aliphatic carbocycles. The fourth-order valence-corrected chi connectivity index (χ4v) is 1.29. The minimum Gasteiger partial charge on any atom is -0.256 e. The van der Waals surface area contributed by atoms with E-state index in [1.54, 1.807) is 0 Å². The van der Waals surface area contributed by atoms with E-state index in [0.29, 0.717) is 0 Å². The lowest BCUT2D eigenvalue weighted by Gasteiger charge is -1.97. The van der Waals surface area contributed by atoms with Gasteiger partial charge < -0.3 is 0 Å². The van der Waals surface area contributed by atoms with Gasteiger partial charge in [-0.05, 0) is 13.8 Å². The van der Waals surface area contributed by atoms with Crippen molar-refractivity contribution in [3.8, 4) is 0 Å². The Kier molecular flexibility index (Phi) is 1.76. The Hall–Kier alpha value is -1.45. The van der Waals surface area contributed by atoms with Crippen LogP contribution in [0.15, 0.2) is 6.20 Å². The van der Waals surface area contributed by atoms with Crippen LogP contribution in [0, 0.1) is 13.8 Å². The van der Waals surface area contributed by atoms with E-state index in [-0.39, 0.29) is 0 Å². The van der Waals surface area contributed by atoms with Crippen LogP contribution in [-0.2, 0) is 6.42 Å². The quantitative estimate of drug-likeness (QED) is 0.657. The standard InChI is InChI=1S/C9H12N4/c1-4-8-11-9-7(3)10-5-6(2)13(9)12-8/h5H,4H2,1-3H3. The lowest BCUT2D eigenvalue weighted by Crippen LogP contribution is -1.97. The molecule has 0 amide bonds. The van der Waals surface area contributed by atoms with E-state index in [4.69, 9.17) is 0 Å². The van der Waals surface area contributed by atoms with Crippen molar-refractivity contribution in [1.29, 1.82) is 0 Å². The second kappa shape index (κ2) is 2.80. The lowest BCUT2D eigenvalue weighted by molar-refractivity contribution is 0.848. The minimum atomic E-state index is 0.862. The molecule has 2 aromatic rings. The summed E-state index contributed by atoms with van der Waals surface area (Å²) >= 11 is 0. The van der Waals surface area contributed by atoms with E-state index in [2.05, 4.69) is 15.1 Å². The van der Waals surface area contributed by atoms with Gasteiger partial charge in [-0.15, -0.1) is 0 Å². The van der Waals surface area contributed by atoms with Crippen LogP contribution < -0.4 is 0 Å². The first-order valence-electron chi connectivity index (χ1n) is 4.40. The van der Waals surface area contributed by atoms with Crippen molar-refractivity contribution >= 4 is 5.65 Å². The second-order valence-electron chi connectivity index (χ2n) is 3.10. The molecule has 0 aliphatic rings. The largest absolute Gasteiger partial charge is 0.256 e. The average Bonchev–Trinajstić information content (AvgIpc) is 2.56. The fourth-order valence-electron chi connectivity index (χ4n) is 1.29. The number of fused-ring (bicyclic) bond motifs is 1. The van der Waals surface area contributed by atoms with Crippen LogP contribution in [0.4, 0.5) is 0 Å². The summed E-state index contributed by atoms with van der Waals surface area (Å²) in [6.45, 7) is 5.98. The monoisotopic (exact) mass is 176 g/mol. The highest BCUT2D eigenvalue weighted by Gasteiger charge is 2.06. The molecule has 0 N–H and O–H groups in total. The van der Waals surface area contributed by atoms with Crippen molar-refractivity contribution in [2.45, 2.75) is 27.2 Å². The van der Waals surface area contributed by atoms with Gasteiger partial charge in [0.05, 0.1) is 11.4 Å². The summed E-state index contributed by atoms with van der Waals surface area (Å²) in [5.41, 5.74) is 2.82. The maximum absolute atomic E-state index is 4.38. The molecular formula is C9H12N4. The molecule has 0 aliphatic heterocycles. The molecule has 0 aromatic carbocycles. The highest BCUT2D eigenvalue weighted by atomic mass is 15.3. The molecule has 4 heteroatoms. The van der Waals surface area contributed by atoms with Crippen LogP contribution in [0.5, 0.6) is 0 Å². The van der Waals surface area contributed by atoms with E-state index in [0.717, 1.165) is 29.3 Å². The maximum atomic E-state index is 4.38. The van der Waals surface area contributed by atoms with Crippen LogP contribution in [0.25, 0.3) is 5.65 Å². The zero-order valence-corrected chi connectivity index (χ0v) is 8.07. The molecule has 2 aromatic heterocycles. The molecule has 4 nitrogen and oxygen atoms in total. The first-order chi connectivity index (χ1) is 6.22. The molecule has 2 rings (SSSR count). The van der Waals surface area contributed by atoms with Gasteiger partial charge in [-0.2, -0.15) is 5.10 Å². The van der Waals surface area contributed by atoms with E-state index < -0.39 is 0 Å². The summed E-state index contributed by atoms with van der Waals surface area (Å²) in [6, 6.07) is 0. The summed E-state index contributed by atoms with van der Waals surface area (Å²) in [5, 5.41) is 4.36.